The van der Waals surface area contributed by atoms with Crippen molar-refractivity contribution in [2.75, 3.05) is 24.3 Å². The Morgan fingerprint density at radius 3 is 2.48 bits per heavy atom. The zero-order valence-corrected chi connectivity index (χ0v) is 18.4. The minimum absolute atomic E-state index is 0.207. The number of thiophene rings is 1. The van der Waals surface area contributed by atoms with Crippen molar-refractivity contribution < 1.29 is 23.9 Å². The summed E-state index contributed by atoms with van der Waals surface area (Å²) >= 11 is 2.87. The molecule has 0 aliphatic heterocycles. The van der Waals surface area contributed by atoms with Gasteiger partial charge in [0.2, 0.25) is 0 Å². The maximum Gasteiger partial charge on any atom is 0.341 e. The van der Waals surface area contributed by atoms with Gasteiger partial charge in [-0.25, -0.2) is 4.79 Å². The summed E-state index contributed by atoms with van der Waals surface area (Å²) < 4.78 is 10.1. The quantitative estimate of drug-likeness (QED) is 0.438. The fourth-order valence-electron chi connectivity index (χ4n) is 2.34. The predicted molar refractivity (Wildman–Crippen MR) is 116 cm³/mol. The molecule has 29 heavy (non-hydrogen) atoms. The van der Waals surface area contributed by atoms with Crippen LogP contribution >= 0.6 is 23.1 Å². The van der Waals surface area contributed by atoms with Crippen molar-refractivity contribution in [3.8, 4) is 0 Å². The third kappa shape index (κ3) is 7.55. The van der Waals surface area contributed by atoms with Gasteiger partial charge in [-0.3, -0.25) is 9.59 Å². The number of nitrogens with one attached hydrogen (secondary N) is 1. The summed E-state index contributed by atoms with van der Waals surface area (Å²) in [5.41, 5.74) is 1.51. The third-order valence-electron chi connectivity index (χ3n) is 3.84. The SMILES string of the molecule is CCOC(=O)c1cc(CC)sc1NC(=O)COC(=O)CCSc1ccc(C)cc1. The summed E-state index contributed by atoms with van der Waals surface area (Å²) in [4.78, 5) is 38.1. The molecule has 156 valence electrons. The molecular weight excluding hydrogens is 410 g/mol. The van der Waals surface area contributed by atoms with E-state index in [2.05, 4.69) is 5.32 Å². The van der Waals surface area contributed by atoms with Crippen LogP contribution in [-0.2, 0) is 25.5 Å². The van der Waals surface area contributed by atoms with E-state index in [-0.39, 0.29) is 13.0 Å². The Morgan fingerprint density at radius 1 is 1.10 bits per heavy atom. The Morgan fingerprint density at radius 2 is 1.83 bits per heavy atom. The van der Waals surface area contributed by atoms with Crippen molar-refractivity contribution in [2.24, 2.45) is 0 Å². The van der Waals surface area contributed by atoms with Gasteiger partial charge in [0.15, 0.2) is 6.61 Å². The van der Waals surface area contributed by atoms with E-state index in [0.717, 1.165) is 16.2 Å². The Kier molecular flexibility index (Phi) is 9.21. The number of hydrogen-bond acceptors (Lipinski definition) is 7. The first kappa shape index (κ1) is 23.0. The smallest absolute Gasteiger partial charge is 0.341 e. The van der Waals surface area contributed by atoms with E-state index < -0.39 is 24.5 Å². The van der Waals surface area contributed by atoms with Crippen molar-refractivity contribution in [3.63, 3.8) is 0 Å². The second-order valence-corrected chi connectivity index (χ2v) is 8.45. The number of esters is 2. The summed E-state index contributed by atoms with van der Waals surface area (Å²) in [6.45, 7) is 5.56. The van der Waals surface area contributed by atoms with Crippen LogP contribution in [0.4, 0.5) is 5.00 Å². The number of carbonyl (C=O) groups excluding carboxylic acids is 3. The zero-order chi connectivity index (χ0) is 21.2. The molecule has 0 bridgehead atoms. The van der Waals surface area contributed by atoms with Gasteiger partial charge in [-0.1, -0.05) is 24.6 Å². The summed E-state index contributed by atoms with van der Waals surface area (Å²) in [5, 5.41) is 3.06. The topological polar surface area (TPSA) is 81.7 Å². The molecule has 2 aromatic rings. The fourth-order valence-corrected chi connectivity index (χ4v) is 4.17. The maximum atomic E-state index is 12.1. The number of aryl methyl sites for hydroxylation is 2. The molecule has 2 rings (SSSR count). The van der Waals surface area contributed by atoms with Crippen LogP contribution < -0.4 is 5.32 Å². The number of rotatable bonds is 10. The van der Waals surface area contributed by atoms with E-state index in [1.54, 1.807) is 24.8 Å². The molecule has 0 aliphatic rings. The molecule has 1 amide bonds. The molecule has 0 atom stereocenters. The Labute approximate surface area is 179 Å². The highest BCUT2D eigenvalue weighted by Crippen LogP contribution is 2.29. The molecule has 6 nitrogen and oxygen atoms in total. The van der Waals surface area contributed by atoms with Crippen LogP contribution in [0, 0.1) is 6.92 Å². The first-order valence-electron chi connectivity index (χ1n) is 9.37. The average Bonchev–Trinajstić information content (AvgIpc) is 3.11. The third-order valence-corrected chi connectivity index (χ3v) is 6.05. The normalized spacial score (nSPS) is 10.4. The van der Waals surface area contributed by atoms with Gasteiger partial charge in [0.05, 0.1) is 18.6 Å². The number of benzene rings is 1. The highest BCUT2D eigenvalue weighted by Gasteiger charge is 2.19. The van der Waals surface area contributed by atoms with Crippen LogP contribution in [0.2, 0.25) is 0 Å². The Balaban J connectivity index is 1.78. The van der Waals surface area contributed by atoms with E-state index in [9.17, 15) is 14.4 Å². The molecule has 1 N–H and O–H groups in total. The van der Waals surface area contributed by atoms with Gasteiger partial charge in [-0.2, -0.15) is 0 Å². The van der Waals surface area contributed by atoms with Crippen LogP contribution in [0.25, 0.3) is 0 Å². The Bertz CT molecular complexity index is 845. The lowest BCUT2D eigenvalue weighted by molar-refractivity contribution is -0.146. The molecule has 0 spiro atoms. The van der Waals surface area contributed by atoms with Gasteiger partial charge < -0.3 is 14.8 Å². The second kappa shape index (κ2) is 11.6. The van der Waals surface area contributed by atoms with Crippen LogP contribution in [0.15, 0.2) is 35.2 Å². The highest BCUT2D eigenvalue weighted by molar-refractivity contribution is 7.99. The minimum atomic E-state index is -0.486. The molecule has 1 aromatic carbocycles. The monoisotopic (exact) mass is 435 g/mol. The number of thioether (sulfide) groups is 1. The van der Waals surface area contributed by atoms with Crippen LogP contribution in [0.5, 0.6) is 0 Å². The number of hydrogen-bond donors (Lipinski definition) is 1. The summed E-state index contributed by atoms with van der Waals surface area (Å²) in [6, 6.07) is 9.76. The zero-order valence-electron chi connectivity index (χ0n) is 16.8. The van der Waals surface area contributed by atoms with Gasteiger partial charge in [-0.05, 0) is 38.5 Å². The molecule has 0 radical (unpaired) electrons. The molecule has 0 unspecified atom stereocenters. The number of anilines is 1. The Hall–Kier alpha value is -2.32. The van der Waals surface area contributed by atoms with Crippen LogP contribution in [0.3, 0.4) is 0 Å². The fraction of sp³-hybridized carbons (Fsp3) is 0.381. The standard InChI is InChI=1S/C21H25NO5S2/c1-4-15-12-17(21(25)26-5-2)20(29-15)22-18(23)13-27-19(24)10-11-28-16-8-6-14(3)7-9-16/h6-9,12H,4-5,10-11,13H2,1-3H3,(H,22,23). The second-order valence-electron chi connectivity index (χ2n) is 6.15. The van der Waals surface area contributed by atoms with Gasteiger partial charge in [0, 0.05) is 15.5 Å². The van der Waals surface area contributed by atoms with Crippen molar-refractivity contribution in [2.45, 2.75) is 38.5 Å². The van der Waals surface area contributed by atoms with Gasteiger partial charge in [-0.15, -0.1) is 23.1 Å². The largest absolute Gasteiger partial charge is 0.462 e. The summed E-state index contributed by atoms with van der Waals surface area (Å²) in [7, 11) is 0. The van der Waals surface area contributed by atoms with Crippen LogP contribution in [-0.4, -0.2) is 36.8 Å². The average molecular weight is 436 g/mol. The van der Waals surface area contributed by atoms with Crippen molar-refractivity contribution in [1.82, 2.24) is 0 Å². The molecule has 8 heteroatoms. The number of ether oxygens (including phenoxy) is 2. The van der Waals surface area contributed by atoms with Crippen LogP contribution in [0.1, 0.15) is 41.1 Å². The molecular formula is C21H25NO5S2. The molecule has 1 aromatic heterocycles. The molecule has 0 fully saturated rings. The molecule has 1 heterocycles. The first-order chi connectivity index (χ1) is 13.9. The van der Waals surface area contributed by atoms with E-state index >= 15 is 0 Å². The maximum absolute atomic E-state index is 12.1. The van der Waals surface area contributed by atoms with Crippen molar-refractivity contribution in [1.29, 1.82) is 0 Å². The van der Waals surface area contributed by atoms with E-state index in [0.29, 0.717) is 16.3 Å². The van der Waals surface area contributed by atoms with E-state index in [4.69, 9.17) is 9.47 Å². The molecule has 0 saturated carbocycles. The van der Waals surface area contributed by atoms with Crippen molar-refractivity contribution >= 4 is 45.9 Å². The lowest BCUT2D eigenvalue weighted by atomic mass is 10.2. The number of amides is 1. The minimum Gasteiger partial charge on any atom is -0.462 e. The lowest BCUT2D eigenvalue weighted by Crippen LogP contribution is -2.21. The number of carbonyl (C=O) groups is 3. The lowest BCUT2D eigenvalue weighted by Gasteiger charge is -2.07. The summed E-state index contributed by atoms with van der Waals surface area (Å²) in [6.07, 6.45) is 0.944. The van der Waals surface area contributed by atoms with Gasteiger partial charge in [0.25, 0.3) is 5.91 Å². The van der Waals surface area contributed by atoms with Gasteiger partial charge >= 0.3 is 11.9 Å². The predicted octanol–water partition coefficient (Wildman–Crippen LogP) is 4.46. The molecule has 0 aliphatic carbocycles. The van der Waals surface area contributed by atoms with E-state index in [1.807, 2.05) is 38.1 Å². The summed E-state index contributed by atoms with van der Waals surface area (Å²) in [5.74, 6) is -0.837. The van der Waals surface area contributed by atoms with Gasteiger partial charge in [0.1, 0.15) is 5.00 Å². The highest BCUT2D eigenvalue weighted by atomic mass is 32.2. The van der Waals surface area contributed by atoms with E-state index in [1.165, 1.54) is 16.9 Å². The molecule has 0 saturated heterocycles. The van der Waals surface area contributed by atoms with Crippen molar-refractivity contribution in [3.05, 3.63) is 46.3 Å². The first-order valence-corrected chi connectivity index (χ1v) is 11.2.